The summed E-state index contributed by atoms with van der Waals surface area (Å²) in [6, 6.07) is 5.71. The summed E-state index contributed by atoms with van der Waals surface area (Å²) in [7, 11) is 0. The number of halogens is 4. The van der Waals surface area contributed by atoms with Crippen LogP contribution in [0.5, 0.6) is 0 Å². The summed E-state index contributed by atoms with van der Waals surface area (Å²) in [6.45, 7) is 5.19. The third kappa shape index (κ3) is 6.07. The molecule has 6 nitrogen and oxygen atoms in total. The van der Waals surface area contributed by atoms with Crippen molar-refractivity contribution in [3.8, 4) is 5.69 Å². The van der Waals surface area contributed by atoms with E-state index in [9.17, 15) is 22.8 Å². The second-order valence-electron chi connectivity index (χ2n) is 5.96. The molecule has 1 amide bonds. The smallest absolute Gasteiger partial charge is 0.349 e. The van der Waals surface area contributed by atoms with Crippen LogP contribution < -0.4 is 16.1 Å². The molecule has 0 unspecified atom stereocenters. The fourth-order valence-electron chi connectivity index (χ4n) is 2.43. The van der Waals surface area contributed by atoms with Crippen LogP contribution in [0.4, 0.5) is 13.2 Å². The van der Waals surface area contributed by atoms with Crippen molar-refractivity contribution in [1.29, 1.82) is 0 Å². The molecule has 0 aliphatic rings. The van der Waals surface area contributed by atoms with E-state index in [-0.39, 0.29) is 23.8 Å². The summed E-state index contributed by atoms with van der Waals surface area (Å²) in [6.07, 6.45) is -3.55. The van der Waals surface area contributed by atoms with Gasteiger partial charge in [0.05, 0.1) is 11.3 Å². The minimum atomic E-state index is -4.51. The van der Waals surface area contributed by atoms with Crippen LogP contribution in [0.2, 0.25) is 0 Å². The highest BCUT2D eigenvalue weighted by atomic mass is 35.5. The quantitative estimate of drug-likeness (QED) is 0.678. The third-order valence-electron chi connectivity index (χ3n) is 3.75. The molecular formula is C18H22ClF3N4O2. The molecule has 0 bridgehead atoms. The lowest BCUT2D eigenvalue weighted by atomic mass is 10.2. The van der Waals surface area contributed by atoms with Gasteiger partial charge < -0.3 is 10.6 Å². The standard InChI is InChI=1S/C18H21F3N4O2.ClH/c1-3-7-22-8-9-23-17(27)16-15(26)10-12(2)25(24-16)14-6-4-5-13(11-14)18(19,20)21;/h4-6,10-11,22H,3,7-9H2,1-2H3,(H,23,27);1H. The first kappa shape index (κ1) is 23.6. The van der Waals surface area contributed by atoms with Gasteiger partial charge in [0.25, 0.3) is 5.91 Å². The van der Waals surface area contributed by atoms with Crippen LogP contribution in [0.1, 0.15) is 35.1 Å². The molecule has 0 atom stereocenters. The van der Waals surface area contributed by atoms with E-state index in [0.717, 1.165) is 29.8 Å². The van der Waals surface area contributed by atoms with Crippen molar-refractivity contribution in [2.45, 2.75) is 26.4 Å². The summed E-state index contributed by atoms with van der Waals surface area (Å²) in [5, 5.41) is 9.66. The van der Waals surface area contributed by atoms with Crippen molar-refractivity contribution in [3.63, 3.8) is 0 Å². The predicted octanol–water partition coefficient (Wildman–Crippen LogP) is 2.71. The lowest BCUT2D eigenvalue weighted by Gasteiger charge is -2.13. The molecule has 0 radical (unpaired) electrons. The summed E-state index contributed by atoms with van der Waals surface area (Å²) in [5.74, 6) is -0.668. The monoisotopic (exact) mass is 418 g/mol. The average Bonchev–Trinajstić information content (AvgIpc) is 2.61. The highest BCUT2D eigenvalue weighted by molar-refractivity contribution is 5.92. The molecule has 154 valence electrons. The minimum absolute atomic E-state index is 0. The molecule has 0 aliphatic carbocycles. The van der Waals surface area contributed by atoms with Crippen LogP contribution in [0.15, 0.2) is 35.1 Å². The number of carbonyl (C=O) groups is 1. The Bertz CT molecular complexity index is 869. The van der Waals surface area contributed by atoms with Gasteiger partial charge in [-0.2, -0.15) is 18.3 Å². The number of aromatic nitrogens is 2. The lowest BCUT2D eigenvalue weighted by Crippen LogP contribution is -2.36. The largest absolute Gasteiger partial charge is 0.416 e. The van der Waals surface area contributed by atoms with Gasteiger partial charge in [-0.05, 0) is 38.1 Å². The van der Waals surface area contributed by atoms with Gasteiger partial charge in [-0.25, -0.2) is 4.68 Å². The van der Waals surface area contributed by atoms with Crippen molar-refractivity contribution in [2.24, 2.45) is 0 Å². The second-order valence-corrected chi connectivity index (χ2v) is 5.96. The zero-order chi connectivity index (χ0) is 20.0. The van der Waals surface area contributed by atoms with Crippen molar-refractivity contribution in [1.82, 2.24) is 20.4 Å². The predicted molar refractivity (Wildman–Crippen MR) is 102 cm³/mol. The molecule has 0 aliphatic heterocycles. The molecule has 0 spiro atoms. The third-order valence-corrected chi connectivity index (χ3v) is 3.75. The Kier molecular flexibility index (Phi) is 8.64. The zero-order valence-electron chi connectivity index (χ0n) is 15.5. The second kappa shape index (κ2) is 10.2. The highest BCUT2D eigenvalue weighted by Crippen LogP contribution is 2.30. The van der Waals surface area contributed by atoms with Crippen LogP contribution in [0, 0.1) is 6.92 Å². The van der Waals surface area contributed by atoms with Gasteiger partial charge in [-0.1, -0.05) is 13.0 Å². The van der Waals surface area contributed by atoms with Crippen LogP contribution >= 0.6 is 12.4 Å². The number of nitrogens with zero attached hydrogens (tertiary/aromatic N) is 2. The van der Waals surface area contributed by atoms with Gasteiger partial charge in [0.2, 0.25) is 5.43 Å². The summed E-state index contributed by atoms with van der Waals surface area (Å²) >= 11 is 0. The number of aryl methyl sites for hydroxylation is 1. The number of hydrogen-bond acceptors (Lipinski definition) is 4. The topological polar surface area (TPSA) is 76.0 Å². The Balaban J connectivity index is 0.00000392. The van der Waals surface area contributed by atoms with E-state index in [4.69, 9.17) is 0 Å². The molecular weight excluding hydrogens is 397 g/mol. The van der Waals surface area contributed by atoms with Crippen molar-refractivity contribution >= 4 is 18.3 Å². The van der Waals surface area contributed by atoms with E-state index >= 15 is 0 Å². The molecule has 10 heteroatoms. The molecule has 1 aromatic carbocycles. The fraction of sp³-hybridized carbons (Fsp3) is 0.389. The highest BCUT2D eigenvalue weighted by Gasteiger charge is 2.30. The molecule has 0 saturated heterocycles. The van der Waals surface area contributed by atoms with E-state index in [1.807, 2.05) is 6.92 Å². The van der Waals surface area contributed by atoms with Gasteiger partial charge >= 0.3 is 6.18 Å². The maximum atomic E-state index is 12.9. The first-order valence-corrected chi connectivity index (χ1v) is 8.51. The van der Waals surface area contributed by atoms with Gasteiger partial charge in [-0.15, -0.1) is 12.4 Å². The SMILES string of the molecule is CCCNCCNC(=O)c1nn(-c2cccc(C(F)(F)F)c2)c(C)cc1=O.Cl. The summed E-state index contributed by atoms with van der Waals surface area (Å²) < 4.78 is 40.0. The van der Waals surface area contributed by atoms with E-state index < -0.39 is 23.1 Å². The van der Waals surface area contributed by atoms with Gasteiger partial charge in [0.15, 0.2) is 5.69 Å². The van der Waals surface area contributed by atoms with Gasteiger partial charge in [0.1, 0.15) is 0 Å². The van der Waals surface area contributed by atoms with Crippen LogP contribution in [-0.4, -0.2) is 35.3 Å². The molecule has 28 heavy (non-hydrogen) atoms. The zero-order valence-corrected chi connectivity index (χ0v) is 16.3. The fourth-order valence-corrected chi connectivity index (χ4v) is 2.43. The molecule has 1 aromatic heterocycles. The van der Waals surface area contributed by atoms with Gasteiger partial charge in [-0.3, -0.25) is 9.59 Å². The van der Waals surface area contributed by atoms with E-state index in [2.05, 4.69) is 15.7 Å². The lowest BCUT2D eigenvalue weighted by molar-refractivity contribution is -0.137. The van der Waals surface area contributed by atoms with Gasteiger partial charge in [0, 0.05) is 24.8 Å². The number of rotatable bonds is 7. The van der Waals surface area contributed by atoms with Crippen LogP contribution in [0.25, 0.3) is 5.69 Å². The first-order chi connectivity index (χ1) is 12.7. The molecule has 1 heterocycles. The first-order valence-electron chi connectivity index (χ1n) is 8.51. The Morgan fingerprint density at radius 2 is 1.89 bits per heavy atom. The van der Waals surface area contributed by atoms with Crippen LogP contribution in [-0.2, 0) is 6.18 Å². The van der Waals surface area contributed by atoms with E-state index in [0.29, 0.717) is 18.8 Å². The van der Waals surface area contributed by atoms with Crippen molar-refractivity contribution in [2.75, 3.05) is 19.6 Å². The normalized spacial score (nSPS) is 11.0. The van der Waals surface area contributed by atoms with Crippen molar-refractivity contribution in [3.05, 3.63) is 57.5 Å². The minimum Gasteiger partial charge on any atom is -0.349 e. The molecule has 2 N–H and O–H groups in total. The van der Waals surface area contributed by atoms with E-state index in [1.165, 1.54) is 25.1 Å². The number of amides is 1. The Morgan fingerprint density at radius 3 is 2.54 bits per heavy atom. The average molecular weight is 419 g/mol. The Hall–Kier alpha value is -2.39. The number of benzene rings is 1. The van der Waals surface area contributed by atoms with Crippen LogP contribution in [0.3, 0.4) is 0 Å². The summed E-state index contributed by atoms with van der Waals surface area (Å²) in [5.41, 5.74) is -1.36. The van der Waals surface area contributed by atoms with E-state index in [1.54, 1.807) is 0 Å². The molecule has 0 saturated carbocycles. The summed E-state index contributed by atoms with van der Waals surface area (Å²) in [4.78, 5) is 24.3. The molecule has 2 rings (SSSR count). The molecule has 0 fully saturated rings. The maximum Gasteiger partial charge on any atom is 0.416 e. The number of carbonyl (C=O) groups excluding carboxylic acids is 1. The number of alkyl halides is 3. The van der Waals surface area contributed by atoms with Crippen molar-refractivity contribution < 1.29 is 18.0 Å². The Labute approximate surface area is 166 Å². The number of hydrogen-bond donors (Lipinski definition) is 2. The Morgan fingerprint density at radius 1 is 1.18 bits per heavy atom. The maximum absolute atomic E-state index is 12.9. The number of nitrogens with one attached hydrogen (secondary N) is 2. The molecule has 2 aromatic rings.